The van der Waals surface area contributed by atoms with E-state index in [1.807, 2.05) is 0 Å². The maximum atomic E-state index is 12.6. The highest BCUT2D eigenvalue weighted by Crippen LogP contribution is 2.35. The molecule has 2 nitrogen and oxygen atoms in total. The van der Waals surface area contributed by atoms with Crippen LogP contribution in [0.25, 0.3) is 0 Å². The maximum absolute atomic E-state index is 12.6. The number of hydrogen-bond donors (Lipinski definition) is 1. The van der Waals surface area contributed by atoms with Gasteiger partial charge < -0.3 is 10.1 Å². The Morgan fingerprint density at radius 2 is 2.11 bits per heavy atom. The predicted molar refractivity (Wildman–Crippen MR) is 64.5 cm³/mol. The molecule has 0 aromatic heterocycles. The number of alkyl halides is 3. The highest BCUT2D eigenvalue weighted by Gasteiger charge is 2.35. The molecule has 0 spiro atoms. The Morgan fingerprint density at radius 1 is 1.26 bits per heavy atom. The molecule has 103 valence electrons. The quantitative estimate of drug-likeness (QED) is 0.887. The number of ether oxygens (including phenoxy) is 1. The van der Waals surface area contributed by atoms with Gasteiger partial charge in [-0.3, -0.25) is 0 Å². The van der Waals surface area contributed by atoms with Crippen molar-refractivity contribution in [1.29, 1.82) is 0 Å². The van der Waals surface area contributed by atoms with Crippen molar-refractivity contribution < 1.29 is 17.9 Å². The molecule has 1 aromatic carbocycles. The lowest BCUT2D eigenvalue weighted by Gasteiger charge is -2.29. The molecule has 3 rings (SSSR count). The molecular formula is C14H15F3NO. The molecule has 2 heterocycles. The van der Waals surface area contributed by atoms with E-state index in [0.29, 0.717) is 11.8 Å². The lowest BCUT2D eigenvalue weighted by Crippen LogP contribution is -2.38. The third-order valence-electron chi connectivity index (χ3n) is 3.69. The minimum Gasteiger partial charge on any atom is -0.490 e. The Labute approximate surface area is 109 Å². The third-order valence-corrected chi connectivity index (χ3v) is 3.69. The lowest BCUT2D eigenvalue weighted by atomic mass is 10.0. The van der Waals surface area contributed by atoms with Gasteiger partial charge in [0, 0.05) is 18.5 Å². The Kier molecular flexibility index (Phi) is 3.17. The number of hydrogen-bond acceptors (Lipinski definition) is 2. The summed E-state index contributed by atoms with van der Waals surface area (Å²) in [6.07, 6.45) is -0.495. The van der Waals surface area contributed by atoms with Crippen molar-refractivity contribution in [2.24, 2.45) is 0 Å². The van der Waals surface area contributed by atoms with Gasteiger partial charge >= 0.3 is 6.18 Å². The Bertz CT molecular complexity index is 448. The Hall–Kier alpha value is -1.23. The number of rotatable bonds is 2. The molecule has 2 aliphatic rings. The fourth-order valence-electron chi connectivity index (χ4n) is 2.82. The van der Waals surface area contributed by atoms with Gasteiger partial charge in [-0.25, -0.2) is 0 Å². The van der Waals surface area contributed by atoms with Gasteiger partial charge in [0.2, 0.25) is 0 Å². The van der Waals surface area contributed by atoms with E-state index < -0.39 is 11.7 Å². The standard InChI is InChI=1S/C14H15F3NO/c15-14(16,17)9-2-1-3-12(6-9)19-13-7-10-4-5-11(8-13)18-10/h1-3,6,10,13,18H,4-5,7-8H2. The van der Waals surface area contributed by atoms with Crippen LogP contribution >= 0.6 is 0 Å². The second-order valence-electron chi connectivity index (χ2n) is 5.19. The average Bonchev–Trinajstić information content (AvgIpc) is 2.68. The van der Waals surface area contributed by atoms with E-state index in [1.165, 1.54) is 12.1 Å². The summed E-state index contributed by atoms with van der Waals surface area (Å²) >= 11 is 0. The second kappa shape index (κ2) is 4.71. The van der Waals surface area contributed by atoms with Crippen molar-refractivity contribution in [3.8, 4) is 5.75 Å². The number of piperidine rings is 1. The van der Waals surface area contributed by atoms with Crippen LogP contribution in [0.15, 0.2) is 24.3 Å². The first-order valence-corrected chi connectivity index (χ1v) is 6.46. The predicted octanol–water partition coefficient (Wildman–Crippen LogP) is 3.53. The number of nitrogens with one attached hydrogen (secondary N) is 1. The minimum absolute atomic E-state index is 0.00719. The van der Waals surface area contributed by atoms with E-state index in [2.05, 4.69) is 5.32 Å². The van der Waals surface area contributed by atoms with Gasteiger partial charge in [0.05, 0.1) is 5.56 Å². The van der Waals surface area contributed by atoms with Gasteiger partial charge in [-0.1, -0.05) is 6.07 Å². The fourth-order valence-corrected chi connectivity index (χ4v) is 2.82. The van der Waals surface area contributed by atoms with Crippen LogP contribution in [-0.2, 0) is 6.18 Å². The van der Waals surface area contributed by atoms with Gasteiger partial charge in [-0.2, -0.15) is 13.2 Å². The van der Waals surface area contributed by atoms with Crippen LogP contribution in [0.5, 0.6) is 5.75 Å². The first-order chi connectivity index (χ1) is 9.00. The van der Waals surface area contributed by atoms with Crippen LogP contribution in [0, 0.1) is 6.04 Å². The van der Waals surface area contributed by atoms with E-state index in [1.54, 1.807) is 6.07 Å². The molecule has 19 heavy (non-hydrogen) atoms. The zero-order valence-electron chi connectivity index (χ0n) is 10.3. The van der Waals surface area contributed by atoms with Crippen LogP contribution in [0.1, 0.15) is 31.2 Å². The van der Waals surface area contributed by atoms with Crippen LogP contribution < -0.4 is 10.1 Å². The molecular weight excluding hydrogens is 255 g/mol. The SMILES string of the molecule is FC(F)(F)c1cccc(OC2C[C]3CCC(C2)N3)c1. The van der Waals surface area contributed by atoms with Gasteiger partial charge in [0.15, 0.2) is 0 Å². The van der Waals surface area contributed by atoms with E-state index in [0.717, 1.165) is 37.8 Å². The molecule has 2 fully saturated rings. The summed E-state index contributed by atoms with van der Waals surface area (Å²) in [6.45, 7) is 0. The van der Waals surface area contributed by atoms with Gasteiger partial charge in [-0.15, -0.1) is 0 Å². The van der Waals surface area contributed by atoms with E-state index in [9.17, 15) is 13.2 Å². The largest absolute Gasteiger partial charge is 0.490 e. The highest BCUT2D eigenvalue weighted by molar-refractivity contribution is 5.30. The monoisotopic (exact) mass is 270 g/mol. The van der Waals surface area contributed by atoms with E-state index in [-0.39, 0.29) is 6.10 Å². The van der Waals surface area contributed by atoms with Crippen LogP contribution in [0.4, 0.5) is 13.2 Å². The number of fused-ring (bicyclic) bond motifs is 2. The molecule has 2 bridgehead atoms. The zero-order valence-corrected chi connectivity index (χ0v) is 10.3. The smallest absolute Gasteiger partial charge is 0.416 e. The summed E-state index contributed by atoms with van der Waals surface area (Å²) in [7, 11) is 0. The summed E-state index contributed by atoms with van der Waals surface area (Å²) in [5, 5.41) is 3.40. The fraction of sp³-hybridized carbons (Fsp3) is 0.500. The molecule has 0 saturated carbocycles. The first-order valence-electron chi connectivity index (χ1n) is 6.46. The van der Waals surface area contributed by atoms with Crippen LogP contribution in [0.2, 0.25) is 0 Å². The molecule has 1 aromatic rings. The van der Waals surface area contributed by atoms with Gasteiger partial charge in [0.25, 0.3) is 0 Å². The minimum atomic E-state index is -4.32. The van der Waals surface area contributed by atoms with Crippen molar-refractivity contribution in [2.75, 3.05) is 0 Å². The summed E-state index contributed by atoms with van der Waals surface area (Å²) in [5.41, 5.74) is -0.658. The Morgan fingerprint density at radius 3 is 2.84 bits per heavy atom. The van der Waals surface area contributed by atoms with Crippen molar-refractivity contribution in [3.63, 3.8) is 0 Å². The first kappa shape index (κ1) is 12.8. The van der Waals surface area contributed by atoms with E-state index >= 15 is 0 Å². The van der Waals surface area contributed by atoms with Crippen molar-refractivity contribution in [1.82, 2.24) is 5.32 Å². The molecule has 0 amide bonds. The van der Waals surface area contributed by atoms with Crippen molar-refractivity contribution in [3.05, 3.63) is 35.9 Å². The molecule has 1 radical (unpaired) electrons. The highest BCUT2D eigenvalue weighted by atomic mass is 19.4. The topological polar surface area (TPSA) is 21.3 Å². The van der Waals surface area contributed by atoms with Gasteiger partial charge in [0.1, 0.15) is 11.9 Å². The molecule has 5 heteroatoms. The molecule has 2 atom stereocenters. The molecule has 2 unspecified atom stereocenters. The Balaban J connectivity index is 1.70. The summed E-state index contributed by atoms with van der Waals surface area (Å²) < 4.78 is 43.5. The summed E-state index contributed by atoms with van der Waals surface area (Å²) in [4.78, 5) is 0. The molecule has 0 aliphatic carbocycles. The summed E-state index contributed by atoms with van der Waals surface area (Å²) in [5.74, 6) is 0.307. The molecule has 2 saturated heterocycles. The lowest BCUT2D eigenvalue weighted by molar-refractivity contribution is -0.137. The van der Waals surface area contributed by atoms with Gasteiger partial charge in [-0.05, 0) is 37.5 Å². The van der Waals surface area contributed by atoms with Crippen molar-refractivity contribution >= 4 is 0 Å². The molecule has 2 aliphatic heterocycles. The molecule has 1 N–H and O–H groups in total. The maximum Gasteiger partial charge on any atom is 0.416 e. The van der Waals surface area contributed by atoms with Crippen LogP contribution in [0.3, 0.4) is 0 Å². The third kappa shape index (κ3) is 2.86. The zero-order chi connectivity index (χ0) is 13.5. The number of halogens is 3. The number of benzene rings is 1. The second-order valence-corrected chi connectivity index (χ2v) is 5.19. The van der Waals surface area contributed by atoms with Crippen molar-refractivity contribution in [2.45, 2.75) is 44.0 Å². The summed E-state index contributed by atoms with van der Waals surface area (Å²) in [6, 6.07) is 6.82. The van der Waals surface area contributed by atoms with E-state index in [4.69, 9.17) is 4.74 Å². The van der Waals surface area contributed by atoms with Crippen LogP contribution in [-0.4, -0.2) is 12.1 Å². The normalized spacial score (nSPS) is 27.5. The average molecular weight is 270 g/mol.